The molecule has 23 heavy (non-hydrogen) atoms. The standard InChI is InChI=1S/C18H20N2O3/c1-3-22-16-8-12-6-11(2)23-17(12)9-13(16)7-14(10-19)18(21)20-15-4-5-15/h7-9,11,15H,3-6H2,1-2H3,(H,20,21)/b14-7+/t11-/m0/s1. The topological polar surface area (TPSA) is 71.3 Å². The first kappa shape index (κ1) is 15.4. The Balaban J connectivity index is 1.93. The highest BCUT2D eigenvalue weighted by Gasteiger charge is 2.25. The van der Waals surface area contributed by atoms with Gasteiger partial charge in [-0.15, -0.1) is 0 Å². The van der Waals surface area contributed by atoms with Gasteiger partial charge in [-0.2, -0.15) is 5.26 Å². The van der Waals surface area contributed by atoms with Crippen molar-refractivity contribution in [3.8, 4) is 17.6 Å². The monoisotopic (exact) mass is 312 g/mol. The fraction of sp³-hybridized carbons (Fsp3) is 0.444. The first-order valence-corrected chi connectivity index (χ1v) is 7.99. The molecule has 0 unspecified atom stereocenters. The molecule has 1 saturated carbocycles. The Bertz CT molecular complexity index is 699. The number of carbonyl (C=O) groups excluding carboxylic acids is 1. The van der Waals surface area contributed by atoms with Crippen LogP contribution in [0.25, 0.3) is 6.08 Å². The molecule has 3 rings (SSSR count). The number of hydrogen-bond donors (Lipinski definition) is 1. The van der Waals surface area contributed by atoms with Crippen molar-refractivity contribution in [3.63, 3.8) is 0 Å². The van der Waals surface area contributed by atoms with Crippen LogP contribution in [0.1, 0.15) is 37.8 Å². The summed E-state index contributed by atoms with van der Waals surface area (Å²) in [6.45, 7) is 4.44. The molecule has 0 radical (unpaired) electrons. The molecule has 1 amide bonds. The van der Waals surface area contributed by atoms with Gasteiger partial charge in [-0.25, -0.2) is 0 Å². The Kier molecular flexibility index (Phi) is 4.24. The molecule has 5 heteroatoms. The van der Waals surface area contributed by atoms with E-state index in [1.54, 1.807) is 6.08 Å². The van der Waals surface area contributed by atoms with Gasteiger partial charge in [0.1, 0.15) is 29.2 Å². The maximum absolute atomic E-state index is 12.1. The van der Waals surface area contributed by atoms with E-state index in [-0.39, 0.29) is 23.6 Å². The number of nitrogens with one attached hydrogen (secondary N) is 1. The summed E-state index contributed by atoms with van der Waals surface area (Å²) >= 11 is 0. The van der Waals surface area contributed by atoms with Gasteiger partial charge in [-0.1, -0.05) is 0 Å². The summed E-state index contributed by atoms with van der Waals surface area (Å²) in [6, 6.07) is 6.00. The van der Waals surface area contributed by atoms with Gasteiger partial charge in [-0.3, -0.25) is 4.79 Å². The van der Waals surface area contributed by atoms with Crippen molar-refractivity contribution in [2.45, 2.75) is 45.3 Å². The van der Waals surface area contributed by atoms with E-state index >= 15 is 0 Å². The molecule has 0 saturated heterocycles. The number of carbonyl (C=O) groups is 1. The fourth-order valence-electron chi connectivity index (χ4n) is 2.64. The molecule has 1 aliphatic heterocycles. The highest BCUT2D eigenvalue weighted by molar-refractivity contribution is 6.02. The average molecular weight is 312 g/mol. The number of ether oxygens (including phenoxy) is 2. The third-order valence-corrected chi connectivity index (χ3v) is 3.91. The molecule has 1 aromatic rings. The Morgan fingerprint density at radius 3 is 2.96 bits per heavy atom. The molecule has 1 atom stereocenters. The lowest BCUT2D eigenvalue weighted by atomic mass is 10.0. The van der Waals surface area contributed by atoms with Gasteiger partial charge in [0.05, 0.1) is 6.61 Å². The number of nitrogens with zero attached hydrogens (tertiary/aromatic N) is 1. The van der Waals surface area contributed by atoms with Crippen LogP contribution in [0.2, 0.25) is 0 Å². The molecule has 1 N–H and O–H groups in total. The van der Waals surface area contributed by atoms with E-state index in [0.29, 0.717) is 17.9 Å². The van der Waals surface area contributed by atoms with Crippen molar-refractivity contribution in [1.29, 1.82) is 5.26 Å². The minimum Gasteiger partial charge on any atom is -0.493 e. The molecule has 1 heterocycles. The van der Waals surface area contributed by atoms with Crippen LogP contribution in [-0.2, 0) is 11.2 Å². The van der Waals surface area contributed by atoms with E-state index < -0.39 is 0 Å². The number of benzene rings is 1. The quantitative estimate of drug-likeness (QED) is 0.670. The van der Waals surface area contributed by atoms with Gasteiger partial charge in [0.15, 0.2) is 0 Å². The Morgan fingerprint density at radius 1 is 1.52 bits per heavy atom. The first-order valence-electron chi connectivity index (χ1n) is 7.99. The van der Waals surface area contributed by atoms with Crippen LogP contribution in [0.4, 0.5) is 0 Å². The summed E-state index contributed by atoms with van der Waals surface area (Å²) in [7, 11) is 0. The minimum atomic E-state index is -0.327. The molecule has 0 spiro atoms. The summed E-state index contributed by atoms with van der Waals surface area (Å²) in [6.07, 6.45) is 4.52. The van der Waals surface area contributed by atoms with Crippen molar-refractivity contribution in [2.24, 2.45) is 0 Å². The van der Waals surface area contributed by atoms with Gasteiger partial charge in [0, 0.05) is 23.6 Å². The maximum atomic E-state index is 12.1. The van der Waals surface area contributed by atoms with E-state index in [1.807, 2.05) is 32.0 Å². The Hall–Kier alpha value is -2.48. The smallest absolute Gasteiger partial charge is 0.262 e. The van der Waals surface area contributed by atoms with Crippen molar-refractivity contribution >= 4 is 12.0 Å². The summed E-state index contributed by atoms with van der Waals surface area (Å²) in [4.78, 5) is 12.1. The minimum absolute atomic E-state index is 0.0869. The lowest BCUT2D eigenvalue weighted by Crippen LogP contribution is -2.26. The highest BCUT2D eigenvalue weighted by atomic mass is 16.5. The van der Waals surface area contributed by atoms with Crippen LogP contribution < -0.4 is 14.8 Å². The van der Waals surface area contributed by atoms with Crippen LogP contribution in [0.3, 0.4) is 0 Å². The number of fused-ring (bicyclic) bond motifs is 1. The molecule has 1 fully saturated rings. The molecular weight excluding hydrogens is 292 g/mol. The highest BCUT2D eigenvalue weighted by Crippen LogP contribution is 2.36. The zero-order valence-corrected chi connectivity index (χ0v) is 13.4. The van der Waals surface area contributed by atoms with E-state index in [1.165, 1.54) is 0 Å². The second-order valence-electron chi connectivity index (χ2n) is 5.98. The summed E-state index contributed by atoms with van der Waals surface area (Å²) < 4.78 is 11.4. The number of nitriles is 1. The van der Waals surface area contributed by atoms with Gasteiger partial charge >= 0.3 is 0 Å². The van der Waals surface area contributed by atoms with Crippen LogP contribution in [0, 0.1) is 11.3 Å². The summed E-state index contributed by atoms with van der Waals surface area (Å²) in [5.74, 6) is 1.15. The zero-order valence-electron chi connectivity index (χ0n) is 13.4. The van der Waals surface area contributed by atoms with E-state index in [0.717, 1.165) is 30.6 Å². The summed E-state index contributed by atoms with van der Waals surface area (Å²) in [5, 5.41) is 12.1. The van der Waals surface area contributed by atoms with Crippen molar-refractivity contribution in [3.05, 3.63) is 28.8 Å². The van der Waals surface area contributed by atoms with Crippen LogP contribution in [0.15, 0.2) is 17.7 Å². The van der Waals surface area contributed by atoms with Gasteiger partial charge in [-0.05, 0) is 44.9 Å². The van der Waals surface area contributed by atoms with Gasteiger partial charge < -0.3 is 14.8 Å². The van der Waals surface area contributed by atoms with Gasteiger partial charge in [0.25, 0.3) is 5.91 Å². The summed E-state index contributed by atoms with van der Waals surface area (Å²) in [5.41, 5.74) is 1.88. The lowest BCUT2D eigenvalue weighted by Gasteiger charge is -2.10. The Labute approximate surface area is 135 Å². The van der Waals surface area contributed by atoms with E-state index in [4.69, 9.17) is 9.47 Å². The van der Waals surface area contributed by atoms with Crippen molar-refractivity contribution in [1.82, 2.24) is 5.32 Å². The molecule has 1 aromatic carbocycles. The number of amides is 1. The lowest BCUT2D eigenvalue weighted by molar-refractivity contribution is -0.117. The molecule has 1 aliphatic carbocycles. The molecule has 0 bridgehead atoms. The molecule has 5 nitrogen and oxygen atoms in total. The third-order valence-electron chi connectivity index (χ3n) is 3.91. The third kappa shape index (κ3) is 3.48. The van der Waals surface area contributed by atoms with Crippen molar-refractivity contribution in [2.75, 3.05) is 6.61 Å². The second kappa shape index (κ2) is 6.33. The van der Waals surface area contributed by atoms with Crippen LogP contribution in [-0.4, -0.2) is 24.7 Å². The van der Waals surface area contributed by atoms with Crippen LogP contribution >= 0.6 is 0 Å². The molecule has 0 aromatic heterocycles. The molecule has 120 valence electrons. The average Bonchev–Trinajstić information content (AvgIpc) is 3.25. The number of rotatable bonds is 5. The van der Waals surface area contributed by atoms with Gasteiger partial charge in [0.2, 0.25) is 0 Å². The second-order valence-corrected chi connectivity index (χ2v) is 5.98. The Morgan fingerprint density at radius 2 is 2.30 bits per heavy atom. The SMILES string of the molecule is CCOc1cc2c(cc1/C=C(\C#N)C(=O)NC1CC1)O[C@@H](C)C2. The molecule has 2 aliphatic rings. The zero-order chi connectivity index (χ0) is 16.4. The normalized spacial score (nSPS) is 19.5. The predicted octanol–water partition coefficient (Wildman–Crippen LogP) is 2.59. The van der Waals surface area contributed by atoms with E-state index in [9.17, 15) is 10.1 Å². The fourth-order valence-corrected chi connectivity index (χ4v) is 2.64. The first-order chi connectivity index (χ1) is 11.1. The van der Waals surface area contributed by atoms with E-state index in [2.05, 4.69) is 5.32 Å². The number of hydrogen-bond acceptors (Lipinski definition) is 4. The largest absolute Gasteiger partial charge is 0.493 e. The predicted molar refractivity (Wildman–Crippen MR) is 86.2 cm³/mol. The maximum Gasteiger partial charge on any atom is 0.262 e. The van der Waals surface area contributed by atoms with Crippen molar-refractivity contribution < 1.29 is 14.3 Å². The molecular formula is C18H20N2O3. The van der Waals surface area contributed by atoms with Crippen LogP contribution in [0.5, 0.6) is 11.5 Å².